The fraction of sp³-hybridized carbons (Fsp3) is 0.600. The van der Waals surface area contributed by atoms with Crippen LogP contribution in [0.25, 0.3) is 0 Å². The Hall–Kier alpha value is -1.14. The molecule has 0 saturated carbocycles. The number of rotatable bonds is 1. The molecule has 16 heavy (non-hydrogen) atoms. The van der Waals surface area contributed by atoms with Gasteiger partial charge in [0.2, 0.25) is 0 Å². The lowest BCUT2D eigenvalue weighted by Crippen LogP contribution is -2.34. The lowest BCUT2D eigenvalue weighted by molar-refractivity contribution is 0.108. The number of aliphatic hydroxyl groups excluding tert-OH is 1. The van der Waals surface area contributed by atoms with E-state index in [9.17, 15) is 9.90 Å². The van der Waals surface area contributed by atoms with E-state index in [0.29, 0.717) is 25.8 Å². The molecule has 1 saturated heterocycles. The van der Waals surface area contributed by atoms with E-state index in [2.05, 4.69) is 4.98 Å². The van der Waals surface area contributed by atoms with Gasteiger partial charge < -0.3 is 10.2 Å². The molecule has 88 valence electrons. The Labute approximate surface area is 97.4 Å². The molecule has 2 unspecified atom stereocenters. The van der Waals surface area contributed by atoms with Crippen LogP contribution in [-0.4, -0.2) is 38.8 Å². The van der Waals surface area contributed by atoms with Crippen molar-refractivity contribution in [3.05, 3.63) is 16.6 Å². The Morgan fingerprint density at radius 1 is 1.62 bits per heavy atom. The van der Waals surface area contributed by atoms with Gasteiger partial charge in [-0.15, -0.1) is 11.3 Å². The highest BCUT2D eigenvalue weighted by atomic mass is 32.1. The molecule has 2 heterocycles. The summed E-state index contributed by atoms with van der Waals surface area (Å²) in [6.07, 6.45) is 2.10. The van der Waals surface area contributed by atoms with Crippen LogP contribution in [0.2, 0.25) is 0 Å². The first-order chi connectivity index (χ1) is 7.68. The minimum atomic E-state index is -0.936. The fourth-order valence-corrected chi connectivity index (χ4v) is 2.78. The van der Waals surface area contributed by atoms with Gasteiger partial charge in [-0.25, -0.2) is 9.78 Å². The van der Waals surface area contributed by atoms with Gasteiger partial charge in [0.15, 0.2) is 0 Å². The first kappa shape index (κ1) is 11.3. The number of thiazole rings is 1. The Bertz CT molecular complexity index is 355. The highest BCUT2D eigenvalue weighted by molar-refractivity contribution is 7.09. The van der Waals surface area contributed by atoms with E-state index in [1.807, 2.05) is 5.38 Å². The smallest absolute Gasteiger partial charge is 0.407 e. The number of amides is 1. The summed E-state index contributed by atoms with van der Waals surface area (Å²) in [7, 11) is 0. The van der Waals surface area contributed by atoms with E-state index >= 15 is 0 Å². The van der Waals surface area contributed by atoms with Crippen LogP contribution in [0.15, 0.2) is 11.6 Å². The minimum Gasteiger partial charge on any atom is -0.465 e. The molecular formula is C10H14N2O3S. The molecule has 1 aromatic rings. The van der Waals surface area contributed by atoms with Gasteiger partial charge >= 0.3 is 6.09 Å². The number of nitrogens with zero attached hydrogens (tertiary/aromatic N) is 2. The SMILES string of the molecule is O=C(O)N1CCCC(O)CC1c1nccs1. The van der Waals surface area contributed by atoms with E-state index in [1.165, 1.54) is 16.2 Å². The second kappa shape index (κ2) is 4.80. The average molecular weight is 242 g/mol. The summed E-state index contributed by atoms with van der Waals surface area (Å²) in [4.78, 5) is 16.7. The lowest BCUT2D eigenvalue weighted by Gasteiger charge is -2.25. The van der Waals surface area contributed by atoms with Crippen molar-refractivity contribution in [3.8, 4) is 0 Å². The van der Waals surface area contributed by atoms with Crippen molar-refractivity contribution >= 4 is 17.4 Å². The van der Waals surface area contributed by atoms with Crippen LogP contribution in [0.3, 0.4) is 0 Å². The zero-order valence-electron chi connectivity index (χ0n) is 8.74. The molecule has 5 nitrogen and oxygen atoms in total. The number of aromatic nitrogens is 1. The van der Waals surface area contributed by atoms with E-state index in [-0.39, 0.29) is 6.04 Å². The van der Waals surface area contributed by atoms with E-state index in [4.69, 9.17) is 5.11 Å². The molecule has 6 heteroatoms. The van der Waals surface area contributed by atoms with Crippen molar-refractivity contribution in [1.82, 2.24) is 9.88 Å². The average Bonchev–Trinajstić information content (AvgIpc) is 2.68. The molecule has 2 rings (SSSR count). The Balaban J connectivity index is 2.24. The quantitative estimate of drug-likeness (QED) is 0.786. The van der Waals surface area contributed by atoms with Crippen molar-refractivity contribution in [1.29, 1.82) is 0 Å². The Kier molecular flexibility index (Phi) is 3.40. The van der Waals surface area contributed by atoms with Crippen LogP contribution >= 0.6 is 11.3 Å². The van der Waals surface area contributed by atoms with Crippen LogP contribution in [0.4, 0.5) is 4.79 Å². The molecule has 1 aliphatic heterocycles. The zero-order valence-corrected chi connectivity index (χ0v) is 9.56. The van der Waals surface area contributed by atoms with Crippen molar-refractivity contribution in [2.45, 2.75) is 31.4 Å². The normalized spacial score (nSPS) is 26.4. The molecule has 0 aliphatic carbocycles. The zero-order chi connectivity index (χ0) is 11.5. The van der Waals surface area contributed by atoms with Gasteiger partial charge in [0.05, 0.1) is 12.1 Å². The van der Waals surface area contributed by atoms with Crippen molar-refractivity contribution in [3.63, 3.8) is 0 Å². The number of hydrogen-bond donors (Lipinski definition) is 2. The van der Waals surface area contributed by atoms with Gasteiger partial charge in [-0.1, -0.05) is 0 Å². The highest BCUT2D eigenvalue weighted by Crippen LogP contribution is 2.31. The number of carbonyl (C=O) groups is 1. The third kappa shape index (κ3) is 2.33. The maximum atomic E-state index is 11.1. The third-order valence-electron chi connectivity index (χ3n) is 2.79. The Morgan fingerprint density at radius 3 is 3.06 bits per heavy atom. The molecule has 1 aliphatic rings. The molecule has 1 amide bonds. The maximum absolute atomic E-state index is 11.1. The van der Waals surface area contributed by atoms with Gasteiger partial charge in [0.25, 0.3) is 0 Å². The summed E-state index contributed by atoms with van der Waals surface area (Å²) >= 11 is 1.43. The molecule has 1 fully saturated rings. The van der Waals surface area contributed by atoms with Crippen molar-refractivity contribution < 1.29 is 15.0 Å². The topological polar surface area (TPSA) is 73.7 Å². The largest absolute Gasteiger partial charge is 0.465 e. The van der Waals surface area contributed by atoms with Gasteiger partial charge in [-0.05, 0) is 12.8 Å². The standard InChI is InChI=1S/C10H14N2O3S/c13-7-2-1-4-12(10(14)15)8(6-7)9-11-3-5-16-9/h3,5,7-8,13H,1-2,4,6H2,(H,14,15). The fourth-order valence-electron chi connectivity index (χ4n) is 2.02. The number of hydrogen-bond acceptors (Lipinski definition) is 4. The highest BCUT2D eigenvalue weighted by Gasteiger charge is 2.31. The summed E-state index contributed by atoms with van der Waals surface area (Å²) in [5, 5.41) is 21.4. The third-order valence-corrected chi connectivity index (χ3v) is 3.67. The summed E-state index contributed by atoms with van der Waals surface area (Å²) in [5.41, 5.74) is 0. The van der Waals surface area contributed by atoms with Crippen molar-refractivity contribution in [2.75, 3.05) is 6.54 Å². The molecule has 0 bridgehead atoms. The second-order valence-electron chi connectivity index (χ2n) is 3.89. The van der Waals surface area contributed by atoms with Gasteiger partial charge in [0, 0.05) is 24.5 Å². The number of aliphatic hydroxyl groups is 1. The van der Waals surface area contributed by atoms with Gasteiger partial charge in [0.1, 0.15) is 5.01 Å². The van der Waals surface area contributed by atoms with Crippen LogP contribution in [0.1, 0.15) is 30.3 Å². The predicted octanol–water partition coefficient (Wildman–Crippen LogP) is 1.71. The minimum absolute atomic E-state index is 0.296. The number of likely N-dealkylation sites (tertiary alicyclic amines) is 1. The molecule has 0 radical (unpaired) electrons. The Morgan fingerprint density at radius 2 is 2.44 bits per heavy atom. The maximum Gasteiger partial charge on any atom is 0.407 e. The van der Waals surface area contributed by atoms with E-state index < -0.39 is 12.2 Å². The monoisotopic (exact) mass is 242 g/mol. The van der Waals surface area contributed by atoms with Crippen LogP contribution < -0.4 is 0 Å². The first-order valence-corrected chi connectivity index (χ1v) is 6.13. The molecule has 0 aromatic carbocycles. The number of carboxylic acid groups (broad SMARTS) is 1. The van der Waals surface area contributed by atoms with Crippen LogP contribution in [0.5, 0.6) is 0 Å². The molecular weight excluding hydrogens is 228 g/mol. The molecule has 2 atom stereocenters. The van der Waals surface area contributed by atoms with Gasteiger partial charge in [-0.2, -0.15) is 0 Å². The molecule has 2 N–H and O–H groups in total. The second-order valence-corrected chi connectivity index (χ2v) is 4.82. The van der Waals surface area contributed by atoms with Gasteiger partial charge in [-0.3, -0.25) is 4.90 Å². The molecule has 0 spiro atoms. The summed E-state index contributed by atoms with van der Waals surface area (Å²) in [5.74, 6) is 0. The van der Waals surface area contributed by atoms with E-state index in [1.54, 1.807) is 6.20 Å². The van der Waals surface area contributed by atoms with Crippen molar-refractivity contribution in [2.24, 2.45) is 0 Å². The summed E-state index contributed by atoms with van der Waals surface area (Å²) < 4.78 is 0. The van der Waals surface area contributed by atoms with Crippen LogP contribution in [0, 0.1) is 0 Å². The summed E-state index contributed by atoms with van der Waals surface area (Å²) in [6.45, 7) is 0.469. The summed E-state index contributed by atoms with van der Waals surface area (Å²) in [6, 6.07) is -0.296. The molecule has 1 aromatic heterocycles. The predicted molar refractivity (Wildman–Crippen MR) is 59.4 cm³/mol. The van der Waals surface area contributed by atoms with Crippen LogP contribution in [-0.2, 0) is 0 Å². The first-order valence-electron chi connectivity index (χ1n) is 5.25. The lowest BCUT2D eigenvalue weighted by atomic mass is 10.1. The van der Waals surface area contributed by atoms with E-state index in [0.717, 1.165) is 5.01 Å².